The number of aryl methyl sites for hydroxylation is 1. The van der Waals surface area contributed by atoms with Gasteiger partial charge in [0.1, 0.15) is 5.82 Å². The zero-order valence-corrected chi connectivity index (χ0v) is 23.9. The first-order valence-electron chi connectivity index (χ1n) is 11.0. The Kier molecular flexibility index (Phi) is 25.7. The molecule has 0 amide bonds. The smallest absolute Gasteiger partial charge is 0.148 e. The molecule has 0 bridgehead atoms. The molecule has 1 aromatic carbocycles. The molecule has 1 aliphatic rings. The number of hydrogen-bond acceptors (Lipinski definition) is 6. The maximum absolute atomic E-state index is 4.22. The van der Waals surface area contributed by atoms with E-state index >= 15 is 0 Å². The molecule has 1 aliphatic heterocycles. The van der Waals surface area contributed by atoms with E-state index in [2.05, 4.69) is 60.6 Å². The molecule has 200 valence electrons. The van der Waals surface area contributed by atoms with Gasteiger partial charge in [-0.3, -0.25) is 10.00 Å². The molecule has 1 saturated heterocycles. The summed E-state index contributed by atoms with van der Waals surface area (Å²) >= 11 is 0. The van der Waals surface area contributed by atoms with Crippen molar-refractivity contribution in [3.63, 3.8) is 0 Å². The average molecular weight is 582 g/mol. The number of hydrogen-bond donors (Lipinski definition) is 5. The lowest BCUT2D eigenvalue weighted by molar-refractivity contribution is 0.260. The summed E-state index contributed by atoms with van der Waals surface area (Å²) in [5.41, 5.74) is 3.72. The summed E-state index contributed by atoms with van der Waals surface area (Å²) in [6.45, 7) is 12.5. The van der Waals surface area contributed by atoms with Crippen molar-refractivity contribution < 1.29 is 0 Å². The summed E-state index contributed by atoms with van der Waals surface area (Å²) < 4.78 is 0. The van der Waals surface area contributed by atoms with Crippen molar-refractivity contribution in [1.82, 2.24) is 31.0 Å². The summed E-state index contributed by atoms with van der Waals surface area (Å²) in [4.78, 5) is 2.57. The summed E-state index contributed by atoms with van der Waals surface area (Å²) in [6, 6.07) is 11.0. The number of nitrogens with one attached hydrogen (secondary N) is 5. The molecule has 0 atom stereocenters. The van der Waals surface area contributed by atoms with Gasteiger partial charge in [-0.1, -0.05) is 24.3 Å². The SMILES string of the molecule is Cc1cc(NCc2ccc(CN3CCCNCCNCCCNCC3)cc2)n[nH]1.Cl.Cl.Cl.Cl.Cl. The minimum Gasteiger partial charge on any atom is -0.365 e. The van der Waals surface area contributed by atoms with E-state index in [0.29, 0.717) is 0 Å². The van der Waals surface area contributed by atoms with Gasteiger partial charge in [-0.15, -0.1) is 62.0 Å². The molecule has 0 spiro atoms. The van der Waals surface area contributed by atoms with Crippen molar-refractivity contribution in [2.75, 3.05) is 57.7 Å². The highest BCUT2D eigenvalue weighted by Crippen LogP contribution is 2.11. The quantitative estimate of drug-likeness (QED) is 0.370. The molecule has 0 saturated carbocycles. The van der Waals surface area contributed by atoms with Crippen molar-refractivity contribution in [2.24, 2.45) is 0 Å². The number of H-pyrrole nitrogens is 1. The van der Waals surface area contributed by atoms with Gasteiger partial charge in [0.15, 0.2) is 0 Å². The topological polar surface area (TPSA) is 80.0 Å². The van der Waals surface area contributed by atoms with Gasteiger partial charge in [0.05, 0.1) is 0 Å². The number of benzene rings is 1. The molecule has 0 unspecified atom stereocenters. The van der Waals surface area contributed by atoms with Crippen molar-refractivity contribution in [3.8, 4) is 0 Å². The van der Waals surface area contributed by atoms with Crippen LogP contribution in [0.4, 0.5) is 5.82 Å². The molecule has 1 aromatic heterocycles. The van der Waals surface area contributed by atoms with Crippen LogP contribution in [0.1, 0.15) is 29.7 Å². The van der Waals surface area contributed by atoms with Gasteiger partial charge < -0.3 is 21.3 Å². The van der Waals surface area contributed by atoms with Gasteiger partial charge in [0, 0.05) is 51.0 Å². The van der Waals surface area contributed by atoms with Crippen molar-refractivity contribution in [2.45, 2.75) is 32.9 Å². The summed E-state index contributed by atoms with van der Waals surface area (Å²) in [5, 5.41) is 21.1. The molecule has 2 heterocycles. The Balaban J connectivity index is -0.00000192. The van der Waals surface area contributed by atoms with Gasteiger partial charge >= 0.3 is 0 Å². The van der Waals surface area contributed by atoms with Crippen molar-refractivity contribution in [3.05, 3.63) is 47.2 Å². The van der Waals surface area contributed by atoms with Gasteiger partial charge in [0.2, 0.25) is 0 Å². The van der Waals surface area contributed by atoms with Gasteiger partial charge in [-0.25, -0.2) is 0 Å². The highest BCUT2D eigenvalue weighted by Gasteiger charge is 2.07. The third-order valence-corrected chi connectivity index (χ3v) is 5.23. The molecule has 0 radical (unpaired) electrons. The Bertz CT molecular complexity index is 689. The minimum absolute atomic E-state index is 0. The second kappa shape index (κ2) is 23.0. The lowest BCUT2D eigenvalue weighted by Gasteiger charge is -2.23. The van der Waals surface area contributed by atoms with Crippen LogP contribution in [0.3, 0.4) is 0 Å². The molecule has 0 aliphatic carbocycles. The second-order valence-electron chi connectivity index (χ2n) is 7.84. The first-order chi connectivity index (χ1) is 14.3. The Morgan fingerprint density at radius 3 is 1.97 bits per heavy atom. The van der Waals surface area contributed by atoms with E-state index in [-0.39, 0.29) is 62.0 Å². The highest BCUT2D eigenvalue weighted by atomic mass is 35.5. The molecule has 34 heavy (non-hydrogen) atoms. The first-order valence-corrected chi connectivity index (χ1v) is 11.0. The zero-order valence-electron chi connectivity index (χ0n) is 19.8. The second-order valence-corrected chi connectivity index (χ2v) is 7.84. The number of nitrogens with zero attached hydrogens (tertiary/aromatic N) is 2. The van der Waals surface area contributed by atoms with Crippen LogP contribution >= 0.6 is 62.0 Å². The fourth-order valence-corrected chi connectivity index (χ4v) is 3.55. The molecule has 3 rings (SSSR count). The van der Waals surface area contributed by atoms with E-state index in [4.69, 9.17) is 0 Å². The van der Waals surface area contributed by atoms with Crippen LogP contribution in [-0.2, 0) is 13.1 Å². The normalized spacial score (nSPS) is 15.6. The van der Waals surface area contributed by atoms with E-state index in [1.807, 2.05) is 13.0 Å². The maximum atomic E-state index is 4.22. The molecule has 7 nitrogen and oxygen atoms in total. The predicted molar refractivity (Wildman–Crippen MR) is 156 cm³/mol. The van der Waals surface area contributed by atoms with E-state index in [9.17, 15) is 0 Å². The summed E-state index contributed by atoms with van der Waals surface area (Å²) in [7, 11) is 0. The van der Waals surface area contributed by atoms with Crippen molar-refractivity contribution in [1.29, 1.82) is 0 Å². The summed E-state index contributed by atoms with van der Waals surface area (Å²) in [6.07, 6.45) is 2.37. The number of anilines is 1. The minimum atomic E-state index is 0. The fourth-order valence-electron chi connectivity index (χ4n) is 3.55. The summed E-state index contributed by atoms with van der Waals surface area (Å²) in [5.74, 6) is 0.898. The molecule has 12 heteroatoms. The first kappa shape index (κ1) is 38.1. The Labute approximate surface area is 235 Å². The number of aromatic amines is 1. The van der Waals surface area contributed by atoms with E-state index in [1.165, 1.54) is 24.0 Å². The molecular weight excluding hydrogens is 540 g/mol. The molecular formula is C22H42Cl5N7. The number of rotatable bonds is 5. The van der Waals surface area contributed by atoms with E-state index < -0.39 is 0 Å². The highest BCUT2D eigenvalue weighted by molar-refractivity contribution is 5.86. The average Bonchev–Trinajstić information content (AvgIpc) is 3.15. The largest absolute Gasteiger partial charge is 0.365 e. The van der Waals surface area contributed by atoms with E-state index in [1.54, 1.807) is 0 Å². The van der Waals surface area contributed by atoms with E-state index in [0.717, 1.165) is 77.0 Å². The monoisotopic (exact) mass is 579 g/mol. The van der Waals surface area contributed by atoms with Gasteiger partial charge in [-0.2, -0.15) is 5.10 Å². The van der Waals surface area contributed by atoms with Crippen LogP contribution in [0.25, 0.3) is 0 Å². The van der Waals surface area contributed by atoms with Crippen molar-refractivity contribution >= 4 is 67.9 Å². The van der Waals surface area contributed by atoms with Crippen LogP contribution in [0.15, 0.2) is 30.3 Å². The third-order valence-electron chi connectivity index (χ3n) is 5.23. The predicted octanol–water partition coefficient (Wildman–Crippen LogP) is 3.80. The van der Waals surface area contributed by atoms with Gasteiger partial charge in [0.25, 0.3) is 0 Å². The molecule has 1 fully saturated rings. The zero-order chi connectivity index (χ0) is 20.2. The lowest BCUT2D eigenvalue weighted by atomic mass is 10.1. The fraction of sp³-hybridized carbons (Fsp3) is 0.591. The van der Waals surface area contributed by atoms with Crippen LogP contribution in [0, 0.1) is 6.92 Å². The Morgan fingerprint density at radius 2 is 1.35 bits per heavy atom. The maximum Gasteiger partial charge on any atom is 0.148 e. The van der Waals surface area contributed by atoms with Crippen LogP contribution in [0.2, 0.25) is 0 Å². The van der Waals surface area contributed by atoms with Crippen LogP contribution in [-0.4, -0.2) is 67.5 Å². The van der Waals surface area contributed by atoms with Crippen LogP contribution < -0.4 is 21.3 Å². The molecule has 2 aromatic rings. The molecule has 5 N–H and O–H groups in total. The standard InChI is InChI=1S/C22H37N7.5ClH/c1-19-16-22(28-27-19)26-17-20-4-6-21(7-5-20)18-29-14-3-10-24-12-11-23-8-2-9-25-13-15-29;;;;;/h4-7,16,23-25H,2-3,8-15,17-18H2,1H3,(H2,26,27,28);5*1H. The number of aromatic nitrogens is 2. The van der Waals surface area contributed by atoms with Gasteiger partial charge in [-0.05, 0) is 57.1 Å². The van der Waals surface area contributed by atoms with Crippen LogP contribution in [0.5, 0.6) is 0 Å². The Hall–Kier alpha value is -0.480. The lowest BCUT2D eigenvalue weighted by Crippen LogP contribution is -2.36. The number of halogens is 5. The Morgan fingerprint density at radius 1 is 0.765 bits per heavy atom. The third kappa shape index (κ3) is 15.5.